The molecule has 0 saturated carbocycles. The number of benzene rings is 4. The molecule has 6 rings (SSSR count). The number of para-hydroxylation sites is 4. The second-order valence-electron chi connectivity index (χ2n) is 6.53. The van der Waals surface area contributed by atoms with Gasteiger partial charge in [-0.1, -0.05) is 35.4 Å². The van der Waals surface area contributed by atoms with Gasteiger partial charge in [0, 0.05) is 0 Å². The zero-order chi connectivity index (χ0) is 20.2. The summed E-state index contributed by atoms with van der Waals surface area (Å²) < 4.78 is 11.2. The first-order chi connectivity index (χ1) is 14.9. The van der Waals surface area contributed by atoms with Crippen LogP contribution >= 0.6 is 0 Å². The van der Waals surface area contributed by atoms with E-state index in [1.807, 2.05) is 97.1 Å². The first-order valence-electron chi connectivity index (χ1n) is 9.52. The van der Waals surface area contributed by atoms with Gasteiger partial charge in [0.2, 0.25) is 0 Å². The van der Waals surface area contributed by atoms with Gasteiger partial charge in [-0.3, -0.25) is 9.97 Å². The summed E-state index contributed by atoms with van der Waals surface area (Å²) >= 11 is 0. The van der Waals surface area contributed by atoms with Crippen molar-refractivity contribution in [3.63, 3.8) is 0 Å². The Morgan fingerprint density at radius 2 is 0.935 bits per heavy atom. The molecule has 0 bridgehead atoms. The van der Waals surface area contributed by atoms with Crippen LogP contribution in [0.1, 0.15) is 0 Å². The quantitative estimate of drug-likeness (QED) is 0.219. The number of oxazole rings is 2. The molecule has 2 heterocycles. The van der Waals surface area contributed by atoms with Crippen molar-refractivity contribution in [1.29, 1.82) is 0 Å². The molecular weight excluding hydrogens is 438 g/mol. The molecule has 0 aliphatic carbocycles. The van der Waals surface area contributed by atoms with Gasteiger partial charge in [0.15, 0.2) is 0 Å². The summed E-state index contributed by atoms with van der Waals surface area (Å²) in [4.78, 5) is 8.77. The molecule has 0 radical (unpaired) electrons. The van der Waals surface area contributed by atoms with Crippen molar-refractivity contribution >= 4 is 22.2 Å². The Bertz CT molecular complexity index is 1220. The van der Waals surface area contributed by atoms with Crippen LogP contribution in [0.15, 0.2) is 106 Å². The minimum Gasteiger partial charge on any atom is -0.481 e. The van der Waals surface area contributed by atoms with E-state index in [9.17, 15) is 0 Å². The van der Waals surface area contributed by atoms with Crippen molar-refractivity contribution < 1.29 is 28.3 Å². The Morgan fingerprint density at radius 3 is 1.32 bits per heavy atom. The molecular formula is C26H16N2O2Zn. The Kier molecular flexibility index (Phi) is 6.35. The monoisotopic (exact) mass is 452 g/mol. The van der Waals surface area contributed by atoms with Gasteiger partial charge in [0.25, 0.3) is 0 Å². The first kappa shape index (κ1) is 20.7. The van der Waals surface area contributed by atoms with E-state index >= 15 is 0 Å². The molecule has 4 nitrogen and oxygen atoms in total. The van der Waals surface area contributed by atoms with E-state index in [0.717, 1.165) is 33.3 Å². The second kappa shape index (κ2) is 9.50. The van der Waals surface area contributed by atoms with Crippen molar-refractivity contribution in [3.05, 3.63) is 109 Å². The third-order valence-electron chi connectivity index (χ3n) is 4.47. The first-order valence-corrected chi connectivity index (χ1v) is 9.52. The Morgan fingerprint density at radius 1 is 0.516 bits per heavy atom. The number of hydrogen-bond acceptors (Lipinski definition) is 4. The van der Waals surface area contributed by atoms with Crippen molar-refractivity contribution in [2.45, 2.75) is 0 Å². The number of nitrogens with zero attached hydrogens (tertiary/aromatic N) is 2. The fourth-order valence-electron chi connectivity index (χ4n) is 3.03. The molecule has 0 amide bonds. The summed E-state index contributed by atoms with van der Waals surface area (Å²) in [5, 5.41) is 0. The molecule has 144 valence electrons. The van der Waals surface area contributed by atoms with Gasteiger partial charge < -0.3 is 8.83 Å². The second-order valence-corrected chi connectivity index (χ2v) is 6.53. The van der Waals surface area contributed by atoms with Crippen molar-refractivity contribution in [3.8, 4) is 22.9 Å². The third-order valence-corrected chi connectivity index (χ3v) is 4.47. The fourth-order valence-corrected chi connectivity index (χ4v) is 3.03. The topological polar surface area (TPSA) is 52.1 Å². The maximum atomic E-state index is 5.61. The summed E-state index contributed by atoms with van der Waals surface area (Å²) in [6.45, 7) is 0. The van der Waals surface area contributed by atoms with Crippen LogP contribution in [0.5, 0.6) is 0 Å². The third kappa shape index (κ3) is 4.63. The van der Waals surface area contributed by atoms with E-state index in [1.165, 1.54) is 0 Å². The van der Waals surface area contributed by atoms with Crippen LogP contribution in [0.2, 0.25) is 0 Å². The van der Waals surface area contributed by atoms with E-state index < -0.39 is 0 Å². The van der Waals surface area contributed by atoms with Crippen molar-refractivity contribution in [1.82, 2.24) is 9.97 Å². The minimum atomic E-state index is 0. The summed E-state index contributed by atoms with van der Waals surface area (Å²) in [5.74, 6) is 1.24. The molecule has 0 aliphatic rings. The van der Waals surface area contributed by atoms with Gasteiger partial charge in [-0.15, -0.1) is 60.7 Å². The van der Waals surface area contributed by atoms with Gasteiger partial charge in [0.05, 0.1) is 11.0 Å². The fraction of sp³-hybridized carbons (Fsp3) is 0. The summed E-state index contributed by atoms with van der Waals surface area (Å²) in [6.07, 6.45) is 0. The maximum absolute atomic E-state index is 5.61. The summed E-state index contributed by atoms with van der Waals surface area (Å²) in [6, 6.07) is 37.0. The molecule has 0 spiro atoms. The van der Waals surface area contributed by atoms with Crippen LogP contribution in [-0.4, -0.2) is 9.97 Å². The Balaban J connectivity index is 0.000000144. The van der Waals surface area contributed by atoms with E-state index in [2.05, 4.69) is 22.1 Å². The van der Waals surface area contributed by atoms with E-state index in [0.29, 0.717) is 11.8 Å². The van der Waals surface area contributed by atoms with Gasteiger partial charge in [-0.25, -0.2) is 0 Å². The zero-order valence-corrected chi connectivity index (χ0v) is 19.6. The molecule has 0 unspecified atom stereocenters. The average molecular weight is 454 g/mol. The van der Waals surface area contributed by atoms with Crippen LogP contribution in [0.25, 0.3) is 45.1 Å². The van der Waals surface area contributed by atoms with Gasteiger partial charge in [0.1, 0.15) is 22.9 Å². The van der Waals surface area contributed by atoms with Gasteiger partial charge in [-0.2, -0.15) is 0 Å². The molecule has 0 aliphatic heterocycles. The largest absolute Gasteiger partial charge is 2.00 e. The van der Waals surface area contributed by atoms with E-state index in [-0.39, 0.29) is 19.5 Å². The SMILES string of the molecule is [Zn+2].[c-]1ccccc1-c1nc2ccccc2o1.[c-]1ccccc1-c1nc2ccccc2o1. The van der Waals surface area contributed by atoms with E-state index in [4.69, 9.17) is 8.83 Å². The Labute approximate surface area is 192 Å². The predicted octanol–water partition coefficient (Wildman–Crippen LogP) is 6.59. The number of hydrogen-bond donors (Lipinski definition) is 0. The molecule has 0 fully saturated rings. The molecule has 0 saturated heterocycles. The molecule has 0 atom stereocenters. The molecule has 0 N–H and O–H groups in total. The van der Waals surface area contributed by atoms with Crippen LogP contribution in [0.3, 0.4) is 0 Å². The smallest absolute Gasteiger partial charge is 0.481 e. The van der Waals surface area contributed by atoms with Crippen molar-refractivity contribution in [2.75, 3.05) is 0 Å². The molecule has 5 heteroatoms. The maximum Gasteiger partial charge on any atom is 2.00 e. The molecule has 31 heavy (non-hydrogen) atoms. The molecule has 6 aromatic rings. The average Bonchev–Trinajstić information content (AvgIpc) is 3.45. The van der Waals surface area contributed by atoms with E-state index in [1.54, 1.807) is 0 Å². The molecule has 4 aromatic carbocycles. The number of aromatic nitrogens is 2. The zero-order valence-electron chi connectivity index (χ0n) is 16.7. The Hall–Kier alpha value is -3.56. The summed E-state index contributed by atoms with van der Waals surface area (Å²) in [7, 11) is 0. The molecule has 2 aromatic heterocycles. The van der Waals surface area contributed by atoms with Gasteiger partial charge in [-0.05, 0) is 24.3 Å². The standard InChI is InChI=1S/2C13H8NO.Zn/c2*1-2-6-10(7-3-1)13-14-11-8-4-5-9-12(11)15-13;/h2*1-6,8-9H;/q2*-1;+2. The van der Waals surface area contributed by atoms with Crippen molar-refractivity contribution in [2.24, 2.45) is 0 Å². The van der Waals surface area contributed by atoms with Crippen LogP contribution < -0.4 is 0 Å². The van der Waals surface area contributed by atoms with Crippen LogP contribution in [-0.2, 0) is 19.5 Å². The van der Waals surface area contributed by atoms with Crippen LogP contribution in [0.4, 0.5) is 0 Å². The van der Waals surface area contributed by atoms with Crippen LogP contribution in [0, 0.1) is 12.1 Å². The number of rotatable bonds is 2. The number of fused-ring (bicyclic) bond motifs is 2. The normalized spacial score (nSPS) is 10.3. The summed E-state index contributed by atoms with van der Waals surface area (Å²) in [5.41, 5.74) is 5.14. The minimum absolute atomic E-state index is 0. The van der Waals surface area contributed by atoms with Gasteiger partial charge >= 0.3 is 19.5 Å². The predicted molar refractivity (Wildman–Crippen MR) is 117 cm³/mol.